The van der Waals surface area contributed by atoms with Gasteiger partial charge in [-0.1, -0.05) is 29.8 Å². The number of carbonyl (C=O) groups excluding carboxylic acids is 1. The highest BCUT2D eigenvalue weighted by atomic mass is 35.5. The average molecular weight is 405 g/mol. The molecule has 0 unspecified atom stereocenters. The van der Waals surface area contributed by atoms with E-state index in [1.807, 2.05) is 24.3 Å². The Labute approximate surface area is 167 Å². The summed E-state index contributed by atoms with van der Waals surface area (Å²) < 4.78 is 10.9. The minimum Gasteiger partial charge on any atom is -0.484 e. The molecule has 2 aromatic rings. The van der Waals surface area contributed by atoms with E-state index in [9.17, 15) is 14.9 Å². The van der Waals surface area contributed by atoms with Crippen LogP contribution in [0.3, 0.4) is 0 Å². The van der Waals surface area contributed by atoms with Gasteiger partial charge in [-0.25, -0.2) is 0 Å². The van der Waals surface area contributed by atoms with E-state index < -0.39 is 4.92 Å². The van der Waals surface area contributed by atoms with E-state index in [0.29, 0.717) is 24.8 Å². The van der Waals surface area contributed by atoms with Crippen molar-refractivity contribution in [1.29, 1.82) is 0 Å². The first kappa shape index (κ1) is 20.1. The first-order chi connectivity index (χ1) is 13.5. The predicted molar refractivity (Wildman–Crippen MR) is 105 cm³/mol. The van der Waals surface area contributed by atoms with Crippen LogP contribution >= 0.6 is 11.6 Å². The second-order valence-electron chi connectivity index (χ2n) is 6.72. The fourth-order valence-corrected chi connectivity index (χ4v) is 3.49. The van der Waals surface area contributed by atoms with Crippen LogP contribution < -0.4 is 10.1 Å². The highest BCUT2D eigenvalue weighted by Crippen LogP contribution is 2.35. The molecule has 2 aromatic carbocycles. The molecule has 0 bridgehead atoms. The number of benzene rings is 2. The number of rotatable bonds is 7. The fourth-order valence-electron chi connectivity index (χ4n) is 3.30. The molecule has 0 saturated carbocycles. The van der Waals surface area contributed by atoms with Crippen molar-refractivity contribution in [3.8, 4) is 5.75 Å². The van der Waals surface area contributed by atoms with E-state index in [4.69, 9.17) is 21.1 Å². The lowest BCUT2D eigenvalue weighted by Gasteiger charge is -2.38. The number of hydrogen-bond donors (Lipinski definition) is 1. The van der Waals surface area contributed by atoms with Crippen molar-refractivity contribution < 1.29 is 19.2 Å². The molecule has 0 aliphatic carbocycles. The summed E-state index contributed by atoms with van der Waals surface area (Å²) in [5.41, 5.74) is 0.743. The summed E-state index contributed by atoms with van der Waals surface area (Å²) >= 11 is 6.15. The van der Waals surface area contributed by atoms with Gasteiger partial charge in [0.2, 0.25) is 0 Å². The molecule has 0 aromatic heterocycles. The maximum Gasteiger partial charge on any atom is 0.273 e. The quantitative estimate of drug-likeness (QED) is 0.563. The van der Waals surface area contributed by atoms with Gasteiger partial charge in [0.1, 0.15) is 5.75 Å². The van der Waals surface area contributed by atoms with Gasteiger partial charge in [-0.2, -0.15) is 0 Å². The number of nitrogens with one attached hydrogen (secondary N) is 1. The Bertz CT molecular complexity index is 852. The summed E-state index contributed by atoms with van der Waals surface area (Å²) in [6.45, 7) is 1.45. The smallest absolute Gasteiger partial charge is 0.273 e. The zero-order chi connectivity index (χ0) is 20.0. The molecule has 3 rings (SSSR count). The number of amides is 1. The molecule has 1 aliphatic rings. The number of nitrogens with zero attached hydrogens (tertiary/aromatic N) is 1. The molecule has 7 nitrogen and oxygen atoms in total. The molecule has 1 N–H and O–H groups in total. The van der Waals surface area contributed by atoms with Gasteiger partial charge in [-0.15, -0.1) is 0 Å². The van der Waals surface area contributed by atoms with E-state index in [1.54, 1.807) is 6.07 Å². The van der Waals surface area contributed by atoms with E-state index in [0.717, 1.165) is 18.4 Å². The lowest BCUT2D eigenvalue weighted by Crippen LogP contribution is -2.45. The fraction of sp³-hybridized carbons (Fsp3) is 0.350. The summed E-state index contributed by atoms with van der Waals surface area (Å²) in [5.74, 6) is -0.0145. The Kier molecular flexibility index (Phi) is 6.49. The topological polar surface area (TPSA) is 90.7 Å². The molecule has 1 aliphatic heterocycles. The van der Waals surface area contributed by atoms with Crippen molar-refractivity contribution in [3.63, 3.8) is 0 Å². The molecule has 1 saturated heterocycles. The van der Waals surface area contributed by atoms with Crippen LogP contribution in [-0.2, 0) is 14.9 Å². The van der Waals surface area contributed by atoms with Gasteiger partial charge in [0, 0.05) is 36.3 Å². The van der Waals surface area contributed by atoms with Crippen LogP contribution in [0.4, 0.5) is 5.69 Å². The summed E-state index contributed by atoms with van der Waals surface area (Å²) in [5, 5.41) is 14.4. The third-order valence-corrected chi connectivity index (χ3v) is 5.14. The van der Waals surface area contributed by atoms with Crippen LogP contribution in [-0.4, -0.2) is 37.2 Å². The maximum absolute atomic E-state index is 12.3. The molecule has 8 heteroatoms. The monoisotopic (exact) mass is 404 g/mol. The van der Waals surface area contributed by atoms with Crippen molar-refractivity contribution in [2.24, 2.45) is 0 Å². The lowest BCUT2D eigenvalue weighted by atomic mass is 9.74. The van der Waals surface area contributed by atoms with Crippen molar-refractivity contribution in [3.05, 3.63) is 69.2 Å². The number of halogens is 1. The van der Waals surface area contributed by atoms with Crippen LogP contribution in [0.25, 0.3) is 0 Å². The zero-order valence-electron chi connectivity index (χ0n) is 15.2. The summed E-state index contributed by atoms with van der Waals surface area (Å²) in [6, 6.07) is 13.4. The third-order valence-electron chi connectivity index (χ3n) is 4.91. The van der Waals surface area contributed by atoms with Crippen molar-refractivity contribution >= 4 is 23.2 Å². The molecule has 0 atom stereocenters. The number of non-ortho nitro benzene ring substituents is 1. The van der Waals surface area contributed by atoms with Gasteiger partial charge < -0.3 is 14.8 Å². The van der Waals surface area contributed by atoms with E-state index in [1.165, 1.54) is 18.2 Å². The van der Waals surface area contributed by atoms with Crippen LogP contribution in [0.15, 0.2) is 48.5 Å². The Morgan fingerprint density at radius 3 is 2.68 bits per heavy atom. The zero-order valence-corrected chi connectivity index (χ0v) is 16.0. The van der Waals surface area contributed by atoms with Crippen molar-refractivity contribution in [2.75, 3.05) is 26.4 Å². The Balaban J connectivity index is 1.61. The summed E-state index contributed by atoms with van der Waals surface area (Å²) in [6.07, 6.45) is 1.55. The highest BCUT2D eigenvalue weighted by Gasteiger charge is 2.35. The van der Waals surface area contributed by atoms with E-state index in [-0.39, 0.29) is 29.4 Å². The van der Waals surface area contributed by atoms with Crippen LogP contribution in [0.2, 0.25) is 5.02 Å². The Hall–Kier alpha value is -2.64. The molecule has 148 valence electrons. The van der Waals surface area contributed by atoms with Gasteiger partial charge in [-0.3, -0.25) is 14.9 Å². The van der Waals surface area contributed by atoms with Gasteiger partial charge >= 0.3 is 0 Å². The highest BCUT2D eigenvalue weighted by molar-refractivity contribution is 6.30. The second kappa shape index (κ2) is 9.03. The molecule has 0 spiro atoms. The Morgan fingerprint density at radius 1 is 1.21 bits per heavy atom. The van der Waals surface area contributed by atoms with E-state index in [2.05, 4.69) is 5.32 Å². The lowest BCUT2D eigenvalue weighted by molar-refractivity contribution is -0.384. The van der Waals surface area contributed by atoms with E-state index >= 15 is 0 Å². The minimum absolute atomic E-state index is 0.0833. The maximum atomic E-state index is 12.3. The van der Waals surface area contributed by atoms with Gasteiger partial charge in [0.05, 0.1) is 11.0 Å². The molecule has 28 heavy (non-hydrogen) atoms. The Morgan fingerprint density at radius 2 is 1.96 bits per heavy atom. The number of hydrogen-bond acceptors (Lipinski definition) is 5. The molecule has 1 fully saturated rings. The second-order valence-corrected chi connectivity index (χ2v) is 7.16. The van der Waals surface area contributed by atoms with Gasteiger partial charge in [0.15, 0.2) is 6.61 Å². The van der Waals surface area contributed by atoms with Gasteiger partial charge in [0.25, 0.3) is 11.6 Å². The first-order valence-electron chi connectivity index (χ1n) is 8.96. The standard InChI is InChI=1S/C20H21ClN2O5/c21-16-4-1-3-15(11-16)20(7-9-27-10-8-20)14-22-19(24)13-28-18-6-2-5-17(12-18)23(25)26/h1-6,11-12H,7-10,13-14H2,(H,22,24). The van der Waals surface area contributed by atoms with Crippen LogP contribution in [0.5, 0.6) is 5.75 Å². The number of nitro benzene ring substituents is 1. The van der Waals surface area contributed by atoms with Crippen molar-refractivity contribution in [2.45, 2.75) is 18.3 Å². The third kappa shape index (κ3) is 4.99. The van der Waals surface area contributed by atoms with Gasteiger partial charge in [-0.05, 0) is 36.6 Å². The molecule has 0 radical (unpaired) electrons. The molecular formula is C20H21ClN2O5. The number of carbonyl (C=O) groups is 1. The summed E-state index contributed by atoms with van der Waals surface area (Å²) in [4.78, 5) is 22.6. The van der Waals surface area contributed by atoms with Crippen LogP contribution in [0.1, 0.15) is 18.4 Å². The van der Waals surface area contributed by atoms with Crippen LogP contribution in [0, 0.1) is 10.1 Å². The van der Waals surface area contributed by atoms with Crippen molar-refractivity contribution in [1.82, 2.24) is 5.32 Å². The number of nitro groups is 1. The predicted octanol–water partition coefficient (Wildman–Crippen LogP) is 3.49. The number of ether oxygens (including phenoxy) is 2. The summed E-state index contributed by atoms with van der Waals surface area (Å²) in [7, 11) is 0. The average Bonchev–Trinajstić information content (AvgIpc) is 2.71. The molecular weight excluding hydrogens is 384 g/mol. The normalized spacial score (nSPS) is 15.6. The minimum atomic E-state index is -0.507. The SMILES string of the molecule is O=C(COc1cccc([N+](=O)[O-])c1)NCC1(c2cccc(Cl)c2)CCOCC1. The largest absolute Gasteiger partial charge is 0.484 e. The molecule has 1 heterocycles. The molecule has 1 amide bonds. The first-order valence-corrected chi connectivity index (χ1v) is 9.34.